The molecule has 0 saturated carbocycles. The van der Waals surface area contributed by atoms with Gasteiger partial charge in [-0.05, 0) is 18.2 Å². The molecule has 0 spiro atoms. The molecule has 1 aliphatic heterocycles. The summed E-state index contributed by atoms with van der Waals surface area (Å²) in [5.74, 6) is -1.63. The molecule has 0 aliphatic carbocycles. The Labute approximate surface area is 183 Å². The second-order valence-corrected chi connectivity index (χ2v) is 7.07. The summed E-state index contributed by atoms with van der Waals surface area (Å²) in [6.07, 6.45) is -3.18. The Bertz CT molecular complexity index is 1010. The molecule has 2 aromatic rings. The molecule has 2 amide bonds. The number of alkyl halides is 3. The Morgan fingerprint density at radius 2 is 1.44 bits per heavy atom. The predicted octanol–water partition coefficient (Wildman–Crippen LogP) is 3.83. The third-order valence-electron chi connectivity index (χ3n) is 5.01. The molecule has 170 valence electrons. The smallest absolute Gasteiger partial charge is 0.383 e. The molecular formula is C23H23F3N2O4. The number of imide groups is 1. The number of ether oxygens (including phenoxy) is 2. The fraction of sp³-hybridized carbons (Fsp3) is 0.304. The first-order valence-electron chi connectivity index (χ1n) is 9.87. The lowest BCUT2D eigenvalue weighted by molar-refractivity contribution is -0.137. The number of amides is 2. The lowest BCUT2D eigenvalue weighted by atomic mass is 9.93. The molecule has 32 heavy (non-hydrogen) atoms. The average molecular weight is 448 g/mol. The fourth-order valence-corrected chi connectivity index (χ4v) is 3.45. The largest absolute Gasteiger partial charge is 0.418 e. The third kappa shape index (κ3) is 4.84. The van der Waals surface area contributed by atoms with E-state index in [1.807, 2.05) is 0 Å². The first-order chi connectivity index (χ1) is 15.3. The number of hydrogen-bond acceptors (Lipinski definition) is 5. The van der Waals surface area contributed by atoms with Gasteiger partial charge in [0.2, 0.25) is 0 Å². The van der Waals surface area contributed by atoms with Gasteiger partial charge in [0.1, 0.15) is 0 Å². The molecule has 9 heteroatoms. The van der Waals surface area contributed by atoms with Gasteiger partial charge in [-0.25, -0.2) is 4.90 Å². The van der Waals surface area contributed by atoms with E-state index in [-0.39, 0.29) is 11.1 Å². The minimum atomic E-state index is -4.74. The fourth-order valence-electron chi connectivity index (χ4n) is 3.45. The normalized spacial score (nSPS) is 15.3. The Kier molecular flexibility index (Phi) is 7.32. The van der Waals surface area contributed by atoms with Gasteiger partial charge in [0.15, 0.2) is 0 Å². The number of rotatable bonds is 8. The first kappa shape index (κ1) is 23.5. The van der Waals surface area contributed by atoms with Crippen LogP contribution in [0.25, 0.3) is 5.57 Å². The van der Waals surface area contributed by atoms with Gasteiger partial charge in [0, 0.05) is 44.6 Å². The zero-order chi connectivity index (χ0) is 23.3. The number of benzene rings is 2. The number of nitrogens with zero attached hydrogens (tertiary/aromatic N) is 2. The molecule has 0 N–H and O–H groups in total. The molecule has 0 radical (unpaired) electrons. The van der Waals surface area contributed by atoms with E-state index in [0.717, 1.165) is 12.1 Å². The Balaban J connectivity index is 2.15. The molecule has 0 unspecified atom stereocenters. The molecule has 1 aliphatic rings. The monoisotopic (exact) mass is 448 g/mol. The molecule has 3 rings (SSSR count). The summed E-state index contributed by atoms with van der Waals surface area (Å²) in [6.45, 7) is 1.57. The van der Waals surface area contributed by atoms with Crippen molar-refractivity contribution in [1.29, 1.82) is 0 Å². The predicted molar refractivity (Wildman–Crippen MR) is 113 cm³/mol. The number of anilines is 1. The van der Waals surface area contributed by atoms with Gasteiger partial charge in [-0.1, -0.05) is 30.3 Å². The standard InChI is InChI=1S/C23H23F3N2O4/c1-31-13-11-27(12-14-32-2)15-18-16-7-3-4-8-17(16)21(29)28(22(18)30)20-10-6-5-9-19(20)23(24,25)26/h3-10,15H,11-14H2,1-2H3/b18-15-. The van der Waals surface area contributed by atoms with E-state index in [4.69, 9.17) is 9.47 Å². The van der Waals surface area contributed by atoms with Crippen LogP contribution in [0.15, 0.2) is 54.7 Å². The number of fused-ring (bicyclic) bond motifs is 1. The van der Waals surface area contributed by atoms with Gasteiger partial charge in [-0.15, -0.1) is 0 Å². The van der Waals surface area contributed by atoms with Crippen LogP contribution in [0.5, 0.6) is 0 Å². The van der Waals surface area contributed by atoms with E-state index >= 15 is 0 Å². The molecule has 0 aromatic heterocycles. The van der Waals surface area contributed by atoms with Gasteiger partial charge >= 0.3 is 6.18 Å². The second-order valence-electron chi connectivity index (χ2n) is 7.07. The molecule has 0 saturated heterocycles. The minimum Gasteiger partial charge on any atom is -0.383 e. The zero-order valence-corrected chi connectivity index (χ0v) is 17.7. The van der Waals surface area contributed by atoms with E-state index in [2.05, 4.69) is 0 Å². The minimum absolute atomic E-state index is 0.115. The summed E-state index contributed by atoms with van der Waals surface area (Å²) in [6, 6.07) is 10.9. The number of carbonyl (C=O) groups is 2. The van der Waals surface area contributed by atoms with Crippen LogP contribution >= 0.6 is 0 Å². The summed E-state index contributed by atoms with van der Waals surface area (Å²) < 4.78 is 51.1. The highest BCUT2D eigenvalue weighted by Crippen LogP contribution is 2.40. The molecule has 2 aromatic carbocycles. The highest BCUT2D eigenvalue weighted by atomic mass is 19.4. The van der Waals surface area contributed by atoms with Crippen LogP contribution in [0, 0.1) is 0 Å². The van der Waals surface area contributed by atoms with E-state index in [1.165, 1.54) is 32.4 Å². The SMILES string of the molecule is COCCN(/C=C1\C(=O)N(c2ccccc2C(F)(F)F)C(=O)c2ccccc21)CCOC. The van der Waals surface area contributed by atoms with Crippen LogP contribution in [0.4, 0.5) is 18.9 Å². The van der Waals surface area contributed by atoms with Crippen molar-refractivity contribution in [3.05, 3.63) is 71.4 Å². The molecule has 1 heterocycles. The van der Waals surface area contributed by atoms with Crippen LogP contribution in [0.3, 0.4) is 0 Å². The quantitative estimate of drug-likeness (QED) is 0.454. The molecule has 0 atom stereocenters. The van der Waals surface area contributed by atoms with E-state index < -0.39 is 29.2 Å². The van der Waals surface area contributed by atoms with Gasteiger partial charge in [0.25, 0.3) is 11.8 Å². The second kappa shape index (κ2) is 9.97. The van der Waals surface area contributed by atoms with Crippen LogP contribution in [0.1, 0.15) is 21.5 Å². The van der Waals surface area contributed by atoms with Crippen molar-refractivity contribution in [3.8, 4) is 0 Å². The number of hydrogen-bond donors (Lipinski definition) is 0. The van der Waals surface area contributed by atoms with Crippen LogP contribution in [0.2, 0.25) is 0 Å². The lowest BCUT2D eigenvalue weighted by Gasteiger charge is -2.31. The van der Waals surface area contributed by atoms with Crippen molar-refractivity contribution >= 4 is 23.1 Å². The van der Waals surface area contributed by atoms with Gasteiger partial charge in [-0.2, -0.15) is 13.2 Å². The number of carbonyl (C=O) groups excluding carboxylic acids is 2. The summed E-state index contributed by atoms with van der Waals surface area (Å²) in [4.78, 5) is 29.0. The maximum atomic E-state index is 13.6. The van der Waals surface area contributed by atoms with E-state index in [9.17, 15) is 22.8 Å². The van der Waals surface area contributed by atoms with Crippen LogP contribution < -0.4 is 4.90 Å². The highest BCUT2D eigenvalue weighted by molar-refractivity contribution is 6.41. The Morgan fingerprint density at radius 1 is 0.875 bits per heavy atom. The maximum absolute atomic E-state index is 13.6. The summed E-state index contributed by atoms with van der Waals surface area (Å²) in [7, 11) is 3.08. The van der Waals surface area contributed by atoms with Crippen molar-refractivity contribution < 1.29 is 32.2 Å². The highest BCUT2D eigenvalue weighted by Gasteiger charge is 2.41. The lowest BCUT2D eigenvalue weighted by Crippen LogP contribution is -2.43. The van der Waals surface area contributed by atoms with Crippen LogP contribution in [-0.4, -0.2) is 57.2 Å². The van der Waals surface area contributed by atoms with Crippen molar-refractivity contribution in [2.24, 2.45) is 0 Å². The Hall–Kier alpha value is -3.17. The van der Waals surface area contributed by atoms with Gasteiger partial charge in [0.05, 0.1) is 30.0 Å². The zero-order valence-electron chi connectivity index (χ0n) is 17.7. The average Bonchev–Trinajstić information content (AvgIpc) is 2.77. The van der Waals surface area contributed by atoms with Gasteiger partial charge < -0.3 is 14.4 Å². The number of methoxy groups -OCH3 is 2. The third-order valence-corrected chi connectivity index (χ3v) is 5.01. The van der Waals surface area contributed by atoms with Crippen molar-refractivity contribution in [3.63, 3.8) is 0 Å². The summed E-state index contributed by atoms with van der Waals surface area (Å²) >= 11 is 0. The van der Waals surface area contributed by atoms with Crippen LogP contribution in [-0.2, 0) is 20.4 Å². The van der Waals surface area contributed by atoms with Crippen molar-refractivity contribution in [2.75, 3.05) is 45.4 Å². The number of para-hydroxylation sites is 1. The molecule has 0 bridgehead atoms. The summed E-state index contributed by atoms with van der Waals surface area (Å²) in [5, 5.41) is 0. The summed E-state index contributed by atoms with van der Waals surface area (Å²) in [5.41, 5.74) is -0.937. The topological polar surface area (TPSA) is 59.1 Å². The van der Waals surface area contributed by atoms with E-state index in [1.54, 1.807) is 29.3 Å². The molecular weight excluding hydrogens is 425 g/mol. The van der Waals surface area contributed by atoms with E-state index in [0.29, 0.717) is 36.8 Å². The molecule has 0 fully saturated rings. The Morgan fingerprint density at radius 3 is 2.03 bits per heavy atom. The number of halogens is 3. The van der Waals surface area contributed by atoms with Crippen molar-refractivity contribution in [1.82, 2.24) is 4.90 Å². The first-order valence-corrected chi connectivity index (χ1v) is 9.87. The maximum Gasteiger partial charge on any atom is 0.418 e. The van der Waals surface area contributed by atoms with Crippen molar-refractivity contribution in [2.45, 2.75) is 6.18 Å². The molecule has 6 nitrogen and oxygen atoms in total. The van der Waals surface area contributed by atoms with Gasteiger partial charge in [-0.3, -0.25) is 9.59 Å².